The first-order valence-corrected chi connectivity index (χ1v) is 7.67. The number of carbonyl (C=O) groups is 2. The predicted octanol–water partition coefficient (Wildman–Crippen LogP) is 2.64. The molecule has 6 nitrogen and oxygen atoms in total. The molecule has 3 N–H and O–H groups in total. The molecule has 0 aliphatic heterocycles. The molecule has 0 radical (unpaired) electrons. The molecule has 0 aliphatic carbocycles. The van der Waals surface area contributed by atoms with Crippen molar-refractivity contribution in [1.29, 1.82) is 5.26 Å². The molecule has 2 aromatic carbocycles. The Morgan fingerprint density at radius 3 is 2.56 bits per heavy atom. The summed E-state index contributed by atoms with van der Waals surface area (Å²) in [5.74, 6) is -0.830. The van der Waals surface area contributed by atoms with E-state index in [9.17, 15) is 14.0 Å². The highest BCUT2D eigenvalue weighted by Crippen LogP contribution is 2.09. The van der Waals surface area contributed by atoms with Gasteiger partial charge >= 0.3 is 6.03 Å². The number of nitrogens with zero attached hydrogens (tertiary/aromatic N) is 1. The minimum absolute atomic E-state index is 0.253. The maximum atomic E-state index is 13.0. The first kappa shape index (κ1) is 17.9. The van der Waals surface area contributed by atoms with Crippen molar-refractivity contribution in [3.05, 3.63) is 65.5 Å². The van der Waals surface area contributed by atoms with Crippen LogP contribution >= 0.6 is 0 Å². The molecule has 0 aliphatic rings. The minimum Gasteiger partial charge on any atom is -0.352 e. The predicted molar refractivity (Wildman–Crippen MR) is 91.5 cm³/mol. The molecule has 2 aromatic rings. The fourth-order valence-electron chi connectivity index (χ4n) is 2.07. The van der Waals surface area contributed by atoms with Crippen LogP contribution in [0.3, 0.4) is 0 Å². The van der Waals surface area contributed by atoms with Gasteiger partial charge in [-0.2, -0.15) is 5.26 Å². The molecular formula is C18H17FN4O2. The van der Waals surface area contributed by atoms with Gasteiger partial charge in [-0.15, -0.1) is 0 Å². The first-order valence-electron chi connectivity index (χ1n) is 7.67. The molecule has 25 heavy (non-hydrogen) atoms. The van der Waals surface area contributed by atoms with E-state index in [0.29, 0.717) is 30.8 Å². The monoisotopic (exact) mass is 340 g/mol. The SMILES string of the molecule is N#Cc1cccc(NC(=O)NCCCNC(=O)c2cccc(F)c2)c1. The summed E-state index contributed by atoms with van der Waals surface area (Å²) >= 11 is 0. The van der Waals surface area contributed by atoms with Gasteiger partial charge in [-0.1, -0.05) is 12.1 Å². The average molecular weight is 340 g/mol. The fraction of sp³-hybridized carbons (Fsp3) is 0.167. The Bertz CT molecular complexity index is 802. The topological polar surface area (TPSA) is 94.0 Å². The Labute approximate surface area is 144 Å². The van der Waals surface area contributed by atoms with Crippen molar-refractivity contribution < 1.29 is 14.0 Å². The van der Waals surface area contributed by atoms with Gasteiger partial charge in [0.25, 0.3) is 5.91 Å². The largest absolute Gasteiger partial charge is 0.352 e. The smallest absolute Gasteiger partial charge is 0.319 e. The number of nitrogens with one attached hydrogen (secondary N) is 3. The van der Waals surface area contributed by atoms with E-state index < -0.39 is 11.8 Å². The molecule has 0 bridgehead atoms. The van der Waals surface area contributed by atoms with Gasteiger partial charge in [-0.3, -0.25) is 4.79 Å². The lowest BCUT2D eigenvalue weighted by atomic mass is 10.2. The van der Waals surface area contributed by atoms with E-state index in [0.717, 1.165) is 6.07 Å². The van der Waals surface area contributed by atoms with Crippen molar-refractivity contribution in [2.45, 2.75) is 6.42 Å². The van der Waals surface area contributed by atoms with Crippen LogP contribution in [0, 0.1) is 17.1 Å². The van der Waals surface area contributed by atoms with Crippen molar-refractivity contribution in [3.8, 4) is 6.07 Å². The zero-order chi connectivity index (χ0) is 18.1. The average Bonchev–Trinajstić information content (AvgIpc) is 2.61. The molecule has 2 rings (SSSR count). The van der Waals surface area contributed by atoms with Crippen LogP contribution in [-0.2, 0) is 0 Å². The molecule has 0 spiro atoms. The van der Waals surface area contributed by atoms with Crippen LogP contribution < -0.4 is 16.0 Å². The van der Waals surface area contributed by atoms with Crippen molar-refractivity contribution in [1.82, 2.24) is 10.6 Å². The molecule has 7 heteroatoms. The summed E-state index contributed by atoms with van der Waals surface area (Å²) in [6, 6.07) is 13.6. The normalized spacial score (nSPS) is 9.76. The summed E-state index contributed by atoms with van der Waals surface area (Å²) in [5.41, 5.74) is 1.23. The number of hydrogen-bond acceptors (Lipinski definition) is 3. The number of anilines is 1. The Balaban J connectivity index is 1.66. The zero-order valence-corrected chi connectivity index (χ0v) is 13.4. The number of benzene rings is 2. The summed E-state index contributed by atoms with van der Waals surface area (Å²) in [6.45, 7) is 0.701. The number of amides is 3. The van der Waals surface area contributed by atoms with Crippen molar-refractivity contribution >= 4 is 17.6 Å². The third-order valence-electron chi connectivity index (χ3n) is 3.26. The Kier molecular flexibility index (Phi) is 6.48. The highest BCUT2D eigenvalue weighted by atomic mass is 19.1. The number of hydrogen-bond donors (Lipinski definition) is 3. The molecule has 0 atom stereocenters. The van der Waals surface area contributed by atoms with Crippen LogP contribution in [0.15, 0.2) is 48.5 Å². The molecule has 0 heterocycles. The van der Waals surface area contributed by atoms with E-state index in [-0.39, 0.29) is 11.5 Å². The molecule has 0 saturated heterocycles. The second kappa shape index (κ2) is 9.03. The molecule has 0 saturated carbocycles. The number of rotatable bonds is 6. The third kappa shape index (κ3) is 5.95. The van der Waals surface area contributed by atoms with Crippen molar-refractivity contribution in [2.75, 3.05) is 18.4 Å². The number of halogens is 1. The maximum absolute atomic E-state index is 13.0. The third-order valence-corrected chi connectivity index (χ3v) is 3.26. The van der Waals surface area contributed by atoms with Gasteiger partial charge in [0.05, 0.1) is 11.6 Å². The maximum Gasteiger partial charge on any atom is 0.319 e. The number of carbonyl (C=O) groups excluding carboxylic acids is 2. The number of nitriles is 1. The van der Waals surface area contributed by atoms with Crippen LogP contribution in [0.4, 0.5) is 14.9 Å². The second-order valence-corrected chi connectivity index (χ2v) is 5.19. The Morgan fingerprint density at radius 2 is 1.80 bits per heavy atom. The Hall–Kier alpha value is -3.40. The molecule has 0 aromatic heterocycles. The van der Waals surface area contributed by atoms with E-state index >= 15 is 0 Å². The molecule has 128 valence electrons. The molecule has 3 amide bonds. The lowest BCUT2D eigenvalue weighted by Gasteiger charge is -2.08. The quantitative estimate of drug-likeness (QED) is 0.706. The zero-order valence-electron chi connectivity index (χ0n) is 13.4. The van der Waals surface area contributed by atoms with E-state index in [4.69, 9.17) is 5.26 Å². The lowest BCUT2D eigenvalue weighted by Crippen LogP contribution is -2.32. The summed E-state index contributed by atoms with van der Waals surface area (Å²) in [7, 11) is 0. The van der Waals surface area contributed by atoms with Crippen molar-refractivity contribution in [3.63, 3.8) is 0 Å². The fourth-order valence-corrected chi connectivity index (χ4v) is 2.07. The number of urea groups is 1. The van der Waals surface area contributed by atoms with Gasteiger partial charge in [-0.05, 0) is 42.8 Å². The highest BCUT2D eigenvalue weighted by Gasteiger charge is 2.06. The van der Waals surface area contributed by atoms with Gasteiger partial charge < -0.3 is 16.0 Å². The highest BCUT2D eigenvalue weighted by molar-refractivity contribution is 5.94. The standard InChI is InChI=1S/C18H17FN4O2/c19-15-6-2-5-14(11-15)17(24)21-8-3-9-22-18(25)23-16-7-1-4-13(10-16)12-20/h1-2,4-7,10-11H,3,8-9H2,(H,21,24)(H2,22,23,25). The van der Waals surface area contributed by atoms with E-state index in [1.165, 1.54) is 18.2 Å². The molecular weight excluding hydrogens is 323 g/mol. The second-order valence-electron chi connectivity index (χ2n) is 5.19. The summed E-state index contributed by atoms with van der Waals surface area (Å²) < 4.78 is 13.0. The van der Waals surface area contributed by atoms with Crippen LogP contribution in [0.1, 0.15) is 22.3 Å². The van der Waals surface area contributed by atoms with Crippen LogP contribution in [-0.4, -0.2) is 25.0 Å². The van der Waals surface area contributed by atoms with Crippen LogP contribution in [0.2, 0.25) is 0 Å². The minimum atomic E-state index is -0.466. The summed E-state index contributed by atoms with van der Waals surface area (Å²) in [4.78, 5) is 23.5. The molecule has 0 unspecified atom stereocenters. The first-order chi connectivity index (χ1) is 12.1. The van der Waals surface area contributed by atoms with Crippen LogP contribution in [0.25, 0.3) is 0 Å². The van der Waals surface area contributed by atoms with Crippen LogP contribution in [0.5, 0.6) is 0 Å². The lowest BCUT2D eigenvalue weighted by molar-refractivity contribution is 0.0953. The van der Waals surface area contributed by atoms with E-state index in [1.54, 1.807) is 24.3 Å². The van der Waals surface area contributed by atoms with Gasteiger partial charge in [0.15, 0.2) is 0 Å². The summed E-state index contributed by atoms with van der Waals surface area (Å²) in [6.07, 6.45) is 0.521. The Morgan fingerprint density at radius 1 is 1.04 bits per heavy atom. The molecule has 0 fully saturated rings. The van der Waals surface area contributed by atoms with Crippen molar-refractivity contribution in [2.24, 2.45) is 0 Å². The van der Waals surface area contributed by atoms with Gasteiger partial charge in [0, 0.05) is 24.3 Å². The van der Waals surface area contributed by atoms with Gasteiger partial charge in [0.2, 0.25) is 0 Å². The van der Waals surface area contributed by atoms with Gasteiger partial charge in [0.1, 0.15) is 5.82 Å². The van der Waals surface area contributed by atoms with E-state index in [2.05, 4.69) is 16.0 Å². The summed E-state index contributed by atoms with van der Waals surface area (Å²) in [5, 5.41) is 16.7. The van der Waals surface area contributed by atoms with Gasteiger partial charge in [-0.25, -0.2) is 9.18 Å². The van der Waals surface area contributed by atoms with E-state index in [1.807, 2.05) is 6.07 Å².